The summed E-state index contributed by atoms with van der Waals surface area (Å²) in [6, 6.07) is 2.45. The van der Waals surface area contributed by atoms with Crippen LogP contribution in [0.25, 0.3) is 0 Å². The van der Waals surface area contributed by atoms with E-state index in [2.05, 4.69) is 43.0 Å². The number of nitrogens with one attached hydrogen (secondary N) is 1. The number of hydrogen-bond donors (Lipinski definition) is 1. The Balaban J connectivity index is 0.00000208. The van der Waals surface area contributed by atoms with Gasteiger partial charge in [-0.1, -0.05) is 6.92 Å². The van der Waals surface area contributed by atoms with Gasteiger partial charge in [0.25, 0.3) is 0 Å². The highest BCUT2D eigenvalue weighted by Gasteiger charge is 2.28. The topological polar surface area (TPSA) is 63.3 Å². The van der Waals surface area contributed by atoms with E-state index in [9.17, 15) is 0 Å². The fraction of sp³-hybridized carbons (Fsp3) is 0.562. The summed E-state index contributed by atoms with van der Waals surface area (Å²) in [6.45, 7) is 5.01. The van der Waals surface area contributed by atoms with Crippen LogP contribution in [0.4, 0.5) is 0 Å². The number of hydrogen-bond acceptors (Lipinski definition) is 3. The smallest absolute Gasteiger partial charge is 0.194 e. The van der Waals surface area contributed by atoms with E-state index in [4.69, 9.17) is 0 Å². The Labute approximate surface area is 160 Å². The quantitative estimate of drug-likeness (QED) is 0.447. The van der Waals surface area contributed by atoms with Crippen LogP contribution < -0.4 is 5.32 Å². The Kier molecular flexibility index (Phi) is 6.64. The van der Waals surface area contributed by atoms with E-state index in [0.717, 1.165) is 37.7 Å². The Morgan fingerprint density at radius 3 is 2.88 bits per heavy atom. The Morgan fingerprint density at radius 2 is 2.25 bits per heavy atom. The van der Waals surface area contributed by atoms with E-state index in [0.29, 0.717) is 12.0 Å². The lowest BCUT2D eigenvalue weighted by atomic mass is 9.93. The molecule has 0 saturated carbocycles. The van der Waals surface area contributed by atoms with Crippen molar-refractivity contribution < 1.29 is 0 Å². The summed E-state index contributed by atoms with van der Waals surface area (Å²) in [7, 11) is 3.80. The molecule has 7 nitrogen and oxygen atoms in total. The average Bonchev–Trinajstić information content (AvgIpc) is 3.21. The predicted octanol–water partition coefficient (Wildman–Crippen LogP) is 1.89. The van der Waals surface area contributed by atoms with E-state index < -0.39 is 0 Å². The number of imidazole rings is 1. The molecule has 0 spiro atoms. The van der Waals surface area contributed by atoms with Crippen LogP contribution in [-0.4, -0.2) is 50.3 Å². The molecule has 1 N–H and O–H groups in total. The molecule has 3 heterocycles. The molecule has 24 heavy (non-hydrogen) atoms. The first-order valence-corrected chi connectivity index (χ1v) is 8.09. The summed E-state index contributed by atoms with van der Waals surface area (Å²) in [6.07, 6.45) is 8.78. The number of halogens is 1. The summed E-state index contributed by atoms with van der Waals surface area (Å²) in [5, 5.41) is 7.65. The van der Waals surface area contributed by atoms with Crippen LogP contribution in [0.3, 0.4) is 0 Å². The van der Waals surface area contributed by atoms with E-state index in [1.54, 1.807) is 0 Å². The van der Waals surface area contributed by atoms with E-state index in [1.807, 2.05) is 43.6 Å². The first-order chi connectivity index (χ1) is 11.2. The molecule has 1 saturated heterocycles. The van der Waals surface area contributed by atoms with Crippen molar-refractivity contribution in [2.24, 2.45) is 18.0 Å². The molecule has 1 fully saturated rings. The molecule has 1 aliphatic rings. The van der Waals surface area contributed by atoms with Gasteiger partial charge in [-0.25, -0.2) is 4.98 Å². The molecule has 2 unspecified atom stereocenters. The van der Waals surface area contributed by atoms with E-state index in [-0.39, 0.29) is 24.0 Å². The van der Waals surface area contributed by atoms with E-state index in [1.165, 1.54) is 0 Å². The largest absolute Gasteiger partial charge is 0.351 e. The van der Waals surface area contributed by atoms with Gasteiger partial charge in [0, 0.05) is 45.8 Å². The van der Waals surface area contributed by atoms with Gasteiger partial charge in [0.05, 0.1) is 24.6 Å². The van der Waals surface area contributed by atoms with E-state index >= 15 is 0 Å². The number of aryl methyl sites for hydroxylation is 1. The number of aromatic nitrogens is 4. The minimum atomic E-state index is 0. The van der Waals surface area contributed by atoms with Crippen molar-refractivity contribution in [2.75, 3.05) is 20.1 Å². The Hall–Kier alpha value is -1.58. The number of aliphatic imine (C=N–C) groups is 1. The molecule has 8 heteroatoms. The van der Waals surface area contributed by atoms with Gasteiger partial charge in [0.1, 0.15) is 0 Å². The summed E-state index contributed by atoms with van der Waals surface area (Å²) in [4.78, 5) is 11.0. The van der Waals surface area contributed by atoms with Gasteiger partial charge in [0.15, 0.2) is 5.96 Å². The molecular formula is C16H26IN7. The van der Waals surface area contributed by atoms with Crippen LogP contribution in [0.5, 0.6) is 0 Å². The average molecular weight is 443 g/mol. The zero-order valence-corrected chi connectivity index (χ0v) is 16.8. The van der Waals surface area contributed by atoms with Gasteiger partial charge < -0.3 is 14.8 Å². The lowest BCUT2D eigenvalue weighted by Gasteiger charge is -2.39. The Morgan fingerprint density at radius 1 is 1.42 bits per heavy atom. The molecule has 2 atom stereocenters. The van der Waals surface area contributed by atoms with Crippen molar-refractivity contribution in [1.29, 1.82) is 0 Å². The summed E-state index contributed by atoms with van der Waals surface area (Å²) in [5.41, 5.74) is 1.14. The third-order valence-electron chi connectivity index (χ3n) is 4.69. The molecule has 132 valence electrons. The normalized spacial score (nSPS) is 21.5. The van der Waals surface area contributed by atoms with Gasteiger partial charge in [-0.05, 0) is 18.4 Å². The minimum absolute atomic E-state index is 0. The van der Waals surface area contributed by atoms with Crippen molar-refractivity contribution in [3.8, 4) is 0 Å². The second-order valence-corrected chi connectivity index (χ2v) is 6.14. The van der Waals surface area contributed by atoms with Crippen molar-refractivity contribution in [1.82, 2.24) is 29.5 Å². The molecule has 0 aromatic carbocycles. The molecule has 1 aliphatic heterocycles. The van der Waals surface area contributed by atoms with Gasteiger partial charge >= 0.3 is 0 Å². The second-order valence-electron chi connectivity index (χ2n) is 6.14. The third kappa shape index (κ3) is 4.08. The number of nitrogens with zero attached hydrogens (tertiary/aromatic N) is 6. The maximum Gasteiger partial charge on any atom is 0.194 e. The SMILES string of the molecule is CN=C(NCc1ccnn1C)N1CCC(C)C(n2ccnc2)C1.I. The van der Waals surface area contributed by atoms with Gasteiger partial charge in [-0.3, -0.25) is 9.67 Å². The second kappa shape index (κ2) is 8.50. The summed E-state index contributed by atoms with van der Waals surface area (Å²) >= 11 is 0. The molecule has 0 aliphatic carbocycles. The molecule has 0 radical (unpaired) electrons. The van der Waals surface area contributed by atoms with Gasteiger partial charge in [0.2, 0.25) is 0 Å². The number of guanidine groups is 1. The van der Waals surface area contributed by atoms with Gasteiger partial charge in [-0.2, -0.15) is 5.10 Å². The zero-order valence-electron chi connectivity index (χ0n) is 14.5. The number of likely N-dealkylation sites (tertiary alicyclic amines) is 1. The third-order valence-corrected chi connectivity index (χ3v) is 4.69. The van der Waals surface area contributed by atoms with Crippen molar-refractivity contribution >= 4 is 29.9 Å². The van der Waals surface area contributed by atoms with Gasteiger partial charge in [-0.15, -0.1) is 24.0 Å². The molecule has 0 amide bonds. The lowest BCUT2D eigenvalue weighted by Crippen LogP contribution is -2.48. The van der Waals surface area contributed by atoms with Crippen LogP contribution >= 0.6 is 24.0 Å². The van der Waals surface area contributed by atoms with Crippen molar-refractivity contribution in [3.63, 3.8) is 0 Å². The van der Waals surface area contributed by atoms with Crippen LogP contribution in [-0.2, 0) is 13.6 Å². The minimum Gasteiger partial charge on any atom is -0.351 e. The molecule has 3 rings (SSSR count). The van der Waals surface area contributed by atoms with Crippen molar-refractivity contribution in [3.05, 3.63) is 36.7 Å². The van der Waals surface area contributed by atoms with Crippen LogP contribution in [0.2, 0.25) is 0 Å². The number of piperidine rings is 1. The fourth-order valence-electron chi connectivity index (χ4n) is 3.17. The molecule has 2 aromatic rings. The monoisotopic (exact) mass is 443 g/mol. The highest BCUT2D eigenvalue weighted by atomic mass is 127. The Bertz CT molecular complexity index is 649. The predicted molar refractivity (Wildman–Crippen MR) is 105 cm³/mol. The molecular weight excluding hydrogens is 417 g/mol. The van der Waals surface area contributed by atoms with Crippen LogP contribution in [0.15, 0.2) is 36.0 Å². The summed E-state index contributed by atoms with van der Waals surface area (Å²) in [5.74, 6) is 1.58. The number of rotatable bonds is 3. The first kappa shape index (κ1) is 18.8. The molecule has 2 aromatic heterocycles. The maximum atomic E-state index is 4.46. The fourth-order valence-corrected chi connectivity index (χ4v) is 3.17. The highest BCUT2D eigenvalue weighted by Crippen LogP contribution is 2.27. The highest BCUT2D eigenvalue weighted by molar-refractivity contribution is 14.0. The summed E-state index contributed by atoms with van der Waals surface area (Å²) < 4.78 is 4.10. The zero-order chi connectivity index (χ0) is 16.2. The van der Waals surface area contributed by atoms with Crippen LogP contribution in [0.1, 0.15) is 25.1 Å². The standard InChI is InChI=1S/C16H25N7.HI/c1-13-5-8-22(11-15(13)23-9-7-18-12-23)16(17-2)19-10-14-4-6-20-21(14)3;/h4,6-7,9,12-13,15H,5,8,10-11H2,1-3H3,(H,17,19);1H. The lowest BCUT2D eigenvalue weighted by molar-refractivity contribution is 0.189. The van der Waals surface area contributed by atoms with Crippen LogP contribution in [0, 0.1) is 5.92 Å². The van der Waals surface area contributed by atoms with Crippen molar-refractivity contribution in [2.45, 2.75) is 25.9 Å². The first-order valence-electron chi connectivity index (χ1n) is 8.09. The molecule has 0 bridgehead atoms. The maximum absolute atomic E-state index is 4.46.